The van der Waals surface area contributed by atoms with Gasteiger partial charge in [-0.05, 0) is 31.9 Å². The van der Waals surface area contributed by atoms with Crippen LogP contribution in [0, 0.1) is 5.92 Å². The average Bonchev–Trinajstić information content (AvgIpc) is 2.18. The van der Waals surface area contributed by atoms with E-state index in [2.05, 4.69) is 38.3 Å². The van der Waals surface area contributed by atoms with Gasteiger partial charge < -0.3 is 10.0 Å². The fraction of sp³-hybridized carbons (Fsp3) is 1.00. The van der Waals surface area contributed by atoms with Crippen LogP contribution in [0.1, 0.15) is 33.6 Å². The first kappa shape index (κ1) is 14.3. The number of rotatable bonds is 8. The van der Waals surface area contributed by atoms with Crippen molar-refractivity contribution in [2.75, 3.05) is 25.4 Å². The van der Waals surface area contributed by atoms with Gasteiger partial charge in [0.05, 0.1) is 0 Å². The summed E-state index contributed by atoms with van der Waals surface area (Å²) in [4.78, 5) is 2.43. The molecule has 0 bridgehead atoms. The van der Waals surface area contributed by atoms with Crippen molar-refractivity contribution in [3.05, 3.63) is 0 Å². The van der Waals surface area contributed by atoms with E-state index in [-0.39, 0.29) is 0 Å². The summed E-state index contributed by atoms with van der Waals surface area (Å²) in [5.74, 6) is 1.64. The topological polar surface area (TPSA) is 23.5 Å². The maximum atomic E-state index is 8.80. The molecule has 86 valence electrons. The maximum Gasteiger partial charge on any atom is 0.0443 e. The summed E-state index contributed by atoms with van der Waals surface area (Å²) >= 11 is 4.35. The number of hydrogen-bond acceptors (Lipinski definition) is 3. The van der Waals surface area contributed by atoms with Crippen molar-refractivity contribution >= 4 is 12.6 Å². The highest BCUT2D eigenvalue weighted by Crippen LogP contribution is 2.10. The summed E-state index contributed by atoms with van der Waals surface area (Å²) in [7, 11) is 0. The van der Waals surface area contributed by atoms with Crippen LogP contribution in [0.3, 0.4) is 0 Å². The fourth-order valence-corrected chi connectivity index (χ4v) is 1.86. The molecular formula is C11H25NOS. The molecule has 0 aliphatic carbocycles. The van der Waals surface area contributed by atoms with E-state index in [0.717, 1.165) is 25.3 Å². The van der Waals surface area contributed by atoms with Gasteiger partial charge in [0.1, 0.15) is 0 Å². The molecule has 0 aliphatic rings. The third-order valence-electron chi connectivity index (χ3n) is 2.66. The fourth-order valence-electron chi connectivity index (χ4n) is 1.48. The molecule has 1 atom stereocenters. The highest BCUT2D eigenvalue weighted by atomic mass is 32.1. The Morgan fingerprint density at radius 2 is 2.00 bits per heavy atom. The predicted octanol–water partition coefficient (Wildman–Crippen LogP) is 2.04. The smallest absolute Gasteiger partial charge is 0.0443 e. The lowest BCUT2D eigenvalue weighted by molar-refractivity contribution is 0.171. The minimum atomic E-state index is 0.293. The SMILES string of the molecule is CCC(CS)CN(CCCO)C(C)C. The van der Waals surface area contributed by atoms with Gasteiger partial charge in [0, 0.05) is 25.7 Å². The second-order valence-corrected chi connectivity index (χ2v) is 4.49. The summed E-state index contributed by atoms with van der Waals surface area (Å²) in [5.41, 5.74) is 0. The maximum absolute atomic E-state index is 8.80. The minimum Gasteiger partial charge on any atom is -0.396 e. The van der Waals surface area contributed by atoms with Crippen molar-refractivity contribution in [2.24, 2.45) is 5.92 Å². The zero-order chi connectivity index (χ0) is 11.0. The Morgan fingerprint density at radius 1 is 1.36 bits per heavy atom. The van der Waals surface area contributed by atoms with E-state index in [4.69, 9.17) is 5.11 Å². The summed E-state index contributed by atoms with van der Waals surface area (Å²) in [6, 6.07) is 0.565. The first-order valence-electron chi connectivity index (χ1n) is 5.61. The number of thiol groups is 1. The Kier molecular flexibility index (Phi) is 8.73. The van der Waals surface area contributed by atoms with Gasteiger partial charge in [-0.2, -0.15) is 12.6 Å². The van der Waals surface area contributed by atoms with Crippen LogP contribution in [0.2, 0.25) is 0 Å². The second-order valence-electron chi connectivity index (χ2n) is 4.12. The molecule has 0 radical (unpaired) electrons. The second kappa shape index (κ2) is 8.57. The largest absolute Gasteiger partial charge is 0.396 e. The molecule has 1 N–H and O–H groups in total. The first-order chi connectivity index (χ1) is 6.65. The van der Waals surface area contributed by atoms with Crippen LogP contribution < -0.4 is 0 Å². The zero-order valence-electron chi connectivity index (χ0n) is 9.74. The molecule has 0 rings (SSSR count). The van der Waals surface area contributed by atoms with E-state index in [1.165, 1.54) is 6.42 Å². The third-order valence-corrected chi connectivity index (χ3v) is 3.18. The molecule has 0 saturated heterocycles. The van der Waals surface area contributed by atoms with Gasteiger partial charge in [-0.3, -0.25) is 0 Å². The molecular weight excluding hydrogens is 194 g/mol. The molecule has 0 spiro atoms. The van der Waals surface area contributed by atoms with Gasteiger partial charge in [-0.15, -0.1) is 0 Å². The summed E-state index contributed by atoms with van der Waals surface area (Å²) in [6.07, 6.45) is 2.06. The summed E-state index contributed by atoms with van der Waals surface area (Å²) in [6.45, 7) is 9.04. The van der Waals surface area contributed by atoms with Gasteiger partial charge in [0.15, 0.2) is 0 Å². The molecule has 0 heterocycles. The molecule has 0 saturated carbocycles. The minimum absolute atomic E-state index is 0.293. The molecule has 3 heteroatoms. The van der Waals surface area contributed by atoms with Gasteiger partial charge in [-0.1, -0.05) is 13.3 Å². The van der Waals surface area contributed by atoms with Crippen molar-refractivity contribution in [1.82, 2.24) is 4.90 Å². The van der Waals surface area contributed by atoms with Crippen molar-refractivity contribution in [2.45, 2.75) is 39.7 Å². The van der Waals surface area contributed by atoms with Crippen LogP contribution >= 0.6 is 12.6 Å². The van der Waals surface area contributed by atoms with Crippen LogP contribution in [-0.2, 0) is 0 Å². The lowest BCUT2D eigenvalue weighted by atomic mass is 10.1. The van der Waals surface area contributed by atoms with E-state index in [9.17, 15) is 0 Å². The van der Waals surface area contributed by atoms with Crippen LogP contribution in [0.25, 0.3) is 0 Å². The quantitative estimate of drug-likeness (QED) is 0.610. The zero-order valence-corrected chi connectivity index (χ0v) is 10.6. The Labute approximate surface area is 94.1 Å². The molecule has 0 aromatic rings. The van der Waals surface area contributed by atoms with E-state index >= 15 is 0 Å². The molecule has 0 aromatic heterocycles. The Bertz CT molecular complexity index is 126. The monoisotopic (exact) mass is 219 g/mol. The van der Waals surface area contributed by atoms with E-state index in [1.54, 1.807) is 0 Å². The van der Waals surface area contributed by atoms with Crippen molar-refractivity contribution in [3.63, 3.8) is 0 Å². The molecule has 0 aliphatic heterocycles. The van der Waals surface area contributed by atoms with Crippen molar-refractivity contribution in [1.29, 1.82) is 0 Å². The van der Waals surface area contributed by atoms with Crippen molar-refractivity contribution < 1.29 is 5.11 Å². The van der Waals surface area contributed by atoms with E-state index in [1.807, 2.05) is 0 Å². The lowest BCUT2D eigenvalue weighted by Crippen LogP contribution is -2.36. The number of aliphatic hydroxyl groups is 1. The van der Waals surface area contributed by atoms with Gasteiger partial charge in [-0.25, -0.2) is 0 Å². The summed E-state index contributed by atoms with van der Waals surface area (Å²) < 4.78 is 0. The highest BCUT2D eigenvalue weighted by Gasteiger charge is 2.13. The van der Waals surface area contributed by atoms with Crippen LogP contribution in [0.15, 0.2) is 0 Å². The van der Waals surface area contributed by atoms with E-state index < -0.39 is 0 Å². The predicted molar refractivity (Wildman–Crippen MR) is 66.0 cm³/mol. The number of nitrogens with zero attached hydrogens (tertiary/aromatic N) is 1. The Hall–Kier alpha value is 0.270. The average molecular weight is 219 g/mol. The lowest BCUT2D eigenvalue weighted by Gasteiger charge is -2.29. The number of aliphatic hydroxyl groups excluding tert-OH is 1. The molecule has 1 unspecified atom stereocenters. The highest BCUT2D eigenvalue weighted by molar-refractivity contribution is 7.80. The normalized spacial score (nSPS) is 13.9. The first-order valence-corrected chi connectivity index (χ1v) is 6.24. The molecule has 0 amide bonds. The Balaban J connectivity index is 3.93. The molecule has 0 aromatic carbocycles. The number of hydrogen-bond donors (Lipinski definition) is 2. The Morgan fingerprint density at radius 3 is 2.36 bits per heavy atom. The summed E-state index contributed by atoms with van der Waals surface area (Å²) in [5, 5.41) is 8.80. The third kappa shape index (κ3) is 5.89. The van der Waals surface area contributed by atoms with Crippen molar-refractivity contribution in [3.8, 4) is 0 Å². The molecule has 0 fully saturated rings. The van der Waals surface area contributed by atoms with Crippen LogP contribution in [0.5, 0.6) is 0 Å². The van der Waals surface area contributed by atoms with Gasteiger partial charge >= 0.3 is 0 Å². The standard InChI is InChI=1S/C11H25NOS/c1-4-11(9-14)8-12(10(2)3)6-5-7-13/h10-11,13-14H,4-9H2,1-3H3. The van der Waals surface area contributed by atoms with Gasteiger partial charge in [0.2, 0.25) is 0 Å². The van der Waals surface area contributed by atoms with Gasteiger partial charge in [0.25, 0.3) is 0 Å². The van der Waals surface area contributed by atoms with E-state index in [0.29, 0.717) is 18.6 Å². The molecule has 2 nitrogen and oxygen atoms in total. The molecule has 14 heavy (non-hydrogen) atoms. The van der Waals surface area contributed by atoms with Crippen LogP contribution in [-0.4, -0.2) is 41.5 Å². The van der Waals surface area contributed by atoms with Crippen LogP contribution in [0.4, 0.5) is 0 Å².